The summed E-state index contributed by atoms with van der Waals surface area (Å²) in [6.07, 6.45) is 1.12. The van der Waals surface area contributed by atoms with Crippen LogP contribution in [0, 0.1) is 3.57 Å². The van der Waals surface area contributed by atoms with Crippen molar-refractivity contribution in [2.75, 3.05) is 4.43 Å². The van der Waals surface area contributed by atoms with Crippen molar-refractivity contribution in [3.8, 4) is 5.75 Å². The highest BCUT2D eigenvalue weighted by atomic mass is 127. The molecule has 0 unspecified atom stereocenters. The van der Waals surface area contributed by atoms with Crippen LogP contribution >= 0.6 is 45.2 Å². The average molecular weight is 488 g/mol. The molecule has 0 atom stereocenters. The van der Waals surface area contributed by atoms with Gasteiger partial charge in [-0.3, -0.25) is 0 Å². The van der Waals surface area contributed by atoms with Crippen LogP contribution in [0.1, 0.15) is 26.3 Å². The first-order valence-electron chi connectivity index (χ1n) is 6.21. The maximum Gasteiger partial charge on any atom is 0.250 e. The fourth-order valence-corrected chi connectivity index (χ4v) is 3.56. The van der Waals surface area contributed by atoms with Crippen molar-refractivity contribution in [2.24, 2.45) is 0 Å². The standard InChI is InChI=1S/C14H22I2OSi/c1-14(2,3)18(4,5)17-12-6-7-13(16)11(10-12)8-9-15/h6-7,10H,8-9H2,1-5H3. The van der Waals surface area contributed by atoms with Crippen molar-refractivity contribution in [1.29, 1.82) is 0 Å². The van der Waals surface area contributed by atoms with Gasteiger partial charge in [0.2, 0.25) is 8.32 Å². The molecule has 0 amide bonds. The van der Waals surface area contributed by atoms with Crippen LogP contribution in [0.15, 0.2) is 18.2 Å². The third-order valence-corrected chi connectivity index (χ3v) is 9.51. The van der Waals surface area contributed by atoms with E-state index in [9.17, 15) is 0 Å². The maximum absolute atomic E-state index is 6.34. The lowest BCUT2D eigenvalue weighted by Crippen LogP contribution is -2.43. The van der Waals surface area contributed by atoms with E-state index in [4.69, 9.17) is 4.43 Å². The summed E-state index contributed by atoms with van der Waals surface area (Å²) in [6.45, 7) is 11.4. The third-order valence-electron chi connectivity index (χ3n) is 3.56. The minimum Gasteiger partial charge on any atom is -0.543 e. The Hall–Kier alpha value is 0.697. The number of hydrogen-bond acceptors (Lipinski definition) is 1. The molecule has 1 nitrogen and oxygen atoms in total. The van der Waals surface area contributed by atoms with E-state index in [1.807, 2.05) is 0 Å². The largest absolute Gasteiger partial charge is 0.543 e. The van der Waals surface area contributed by atoms with Crippen LogP contribution in [0.3, 0.4) is 0 Å². The highest BCUT2D eigenvalue weighted by molar-refractivity contribution is 14.1. The Kier molecular flexibility index (Phi) is 5.98. The lowest BCUT2D eigenvalue weighted by atomic mass is 10.2. The normalized spacial score (nSPS) is 12.6. The predicted octanol–water partition coefficient (Wildman–Crippen LogP) is 5.65. The summed E-state index contributed by atoms with van der Waals surface area (Å²) in [5.74, 6) is 1.04. The molecule has 0 radical (unpaired) electrons. The van der Waals surface area contributed by atoms with Gasteiger partial charge in [-0.1, -0.05) is 43.4 Å². The van der Waals surface area contributed by atoms with Crippen LogP contribution in [0.25, 0.3) is 0 Å². The summed E-state index contributed by atoms with van der Waals surface area (Å²) in [5, 5.41) is 0.249. The van der Waals surface area contributed by atoms with Crippen molar-refractivity contribution in [3.05, 3.63) is 27.3 Å². The molecular weight excluding hydrogens is 466 g/mol. The number of benzene rings is 1. The van der Waals surface area contributed by atoms with Crippen molar-refractivity contribution in [2.45, 2.75) is 45.3 Å². The molecule has 0 aliphatic rings. The lowest BCUT2D eigenvalue weighted by Gasteiger charge is -2.36. The first-order valence-corrected chi connectivity index (χ1v) is 11.7. The van der Waals surface area contributed by atoms with E-state index < -0.39 is 8.32 Å². The van der Waals surface area contributed by atoms with Crippen molar-refractivity contribution < 1.29 is 4.43 Å². The number of rotatable bonds is 4. The third kappa shape index (κ3) is 4.37. The van der Waals surface area contributed by atoms with E-state index in [1.165, 1.54) is 9.13 Å². The van der Waals surface area contributed by atoms with Crippen molar-refractivity contribution in [1.82, 2.24) is 0 Å². The molecule has 0 heterocycles. The molecule has 0 aromatic heterocycles. The number of aryl methyl sites for hydroxylation is 1. The minimum absolute atomic E-state index is 0.249. The summed E-state index contributed by atoms with van der Waals surface area (Å²) < 4.78 is 8.83. The van der Waals surface area contributed by atoms with Gasteiger partial charge in [0, 0.05) is 8.00 Å². The number of hydrogen-bond donors (Lipinski definition) is 0. The molecule has 1 aromatic carbocycles. The van der Waals surface area contributed by atoms with Crippen molar-refractivity contribution in [3.63, 3.8) is 0 Å². The first-order chi connectivity index (χ1) is 8.17. The zero-order valence-electron chi connectivity index (χ0n) is 11.8. The smallest absolute Gasteiger partial charge is 0.250 e. The van der Waals surface area contributed by atoms with E-state index in [0.29, 0.717) is 0 Å². The second-order valence-corrected chi connectivity index (χ2v) is 13.0. The van der Waals surface area contributed by atoms with E-state index in [1.54, 1.807) is 0 Å². The van der Waals surface area contributed by atoms with Crippen LogP contribution in [-0.4, -0.2) is 12.7 Å². The van der Waals surface area contributed by atoms with Crippen LogP contribution < -0.4 is 4.43 Å². The molecule has 0 saturated carbocycles. The fourth-order valence-electron chi connectivity index (χ4n) is 1.36. The molecule has 102 valence electrons. The molecule has 18 heavy (non-hydrogen) atoms. The summed E-state index contributed by atoms with van der Waals surface area (Å²) in [6, 6.07) is 6.50. The van der Waals surface area contributed by atoms with Gasteiger partial charge in [-0.2, -0.15) is 0 Å². The molecule has 0 fully saturated rings. The summed E-state index contributed by atoms with van der Waals surface area (Å²) in [7, 11) is -1.71. The highest BCUT2D eigenvalue weighted by Crippen LogP contribution is 2.37. The van der Waals surface area contributed by atoms with E-state index in [-0.39, 0.29) is 5.04 Å². The van der Waals surface area contributed by atoms with Gasteiger partial charge in [0.25, 0.3) is 0 Å². The highest BCUT2D eigenvalue weighted by Gasteiger charge is 2.38. The molecule has 0 spiro atoms. The monoisotopic (exact) mass is 488 g/mol. The van der Waals surface area contributed by atoms with Gasteiger partial charge in [0.1, 0.15) is 5.75 Å². The molecule has 1 aromatic rings. The molecule has 0 saturated heterocycles. The molecule has 0 aliphatic heterocycles. The zero-order valence-corrected chi connectivity index (χ0v) is 17.1. The molecular formula is C14H22I2OSi. The Morgan fingerprint density at radius 1 is 1.22 bits per heavy atom. The summed E-state index contributed by atoms with van der Waals surface area (Å²) in [5.41, 5.74) is 1.40. The van der Waals surface area contributed by atoms with Gasteiger partial charge in [-0.05, 0) is 70.9 Å². The van der Waals surface area contributed by atoms with E-state index >= 15 is 0 Å². The van der Waals surface area contributed by atoms with Crippen LogP contribution in [0.5, 0.6) is 5.75 Å². The molecule has 4 heteroatoms. The van der Waals surface area contributed by atoms with E-state index in [2.05, 4.69) is 97.2 Å². The zero-order chi connectivity index (χ0) is 14.0. The Morgan fingerprint density at radius 2 is 1.83 bits per heavy atom. The lowest BCUT2D eigenvalue weighted by molar-refractivity contribution is 0.491. The SMILES string of the molecule is CC(C)(C)[Si](C)(C)Oc1ccc(I)c(CCI)c1. The number of alkyl halides is 1. The Morgan fingerprint density at radius 3 is 2.33 bits per heavy atom. The van der Waals surface area contributed by atoms with Gasteiger partial charge >= 0.3 is 0 Å². The van der Waals surface area contributed by atoms with Crippen LogP contribution in [0.4, 0.5) is 0 Å². The van der Waals surface area contributed by atoms with Gasteiger partial charge in [0.05, 0.1) is 0 Å². The molecule has 1 rings (SSSR count). The quantitative estimate of drug-likeness (QED) is 0.303. The fraction of sp³-hybridized carbons (Fsp3) is 0.571. The topological polar surface area (TPSA) is 9.23 Å². The van der Waals surface area contributed by atoms with Crippen molar-refractivity contribution >= 4 is 53.5 Å². The summed E-state index contributed by atoms with van der Waals surface area (Å²) in [4.78, 5) is 0. The van der Waals surface area contributed by atoms with Gasteiger partial charge in [0.15, 0.2) is 0 Å². The van der Waals surface area contributed by atoms with Crippen LogP contribution in [0.2, 0.25) is 18.1 Å². The van der Waals surface area contributed by atoms with Crippen LogP contribution in [-0.2, 0) is 6.42 Å². The van der Waals surface area contributed by atoms with E-state index in [0.717, 1.165) is 16.6 Å². The first kappa shape index (κ1) is 16.8. The molecule has 0 N–H and O–H groups in total. The Labute approximate surface area is 139 Å². The minimum atomic E-state index is -1.71. The van der Waals surface area contributed by atoms with Gasteiger partial charge in [-0.15, -0.1) is 0 Å². The summed E-state index contributed by atoms with van der Waals surface area (Å²) >= 11 is 4.83. The predicted molar refractivity (Wildman–Crippen MR) is 99.6 cm³/mol. The Bertz CT molecular complexity index is 411. The Balaban J connectivity index is 2.95. The second kappa shape index (κ2) is 6.43. The van der Waals surface area contributed by atoms with Gasteiger partial charge < -0.3 is 4.43 Å². The maximum atomic E-state index is 6.34. The number of halogens is 2. The molecule has 0 bridgehead atoms. The molecule has 0 aliphatic carbocycles. The van der Waals surface area contributed by atoms with Gasteiger partial charge in [-0.25, -0.2) is 0 Å². The average Bonchev–Trinajstić information content (AvgIpc) is 2.21. The second-order valence-electron chi connectivity index (χ2n) is 6.05.